The van der Waals surface area contributed by atoms with Crippen molar-refractivity contribution in [2.75, 3.05) is 38.1 Å². The Hall–Kier alpha value is -2.66. The standard InChI is InChI=1S/C21H25N3O2/c1-17(20(25)22(2)19-11-7-4-8-12-19)23-13-15-24(16-14-23)21(26)18-9-5-3-6-10-18/h3-12,17H,13-16H2,1-2H3/p+1/t17-/m0/s1. The van der Waals surface area contributed by atoms with E-state index < -0.39 is 0 Å². The highest BCUT2D eigenvalue weighted by atomic mass is 16.2. The Bertz CT molecular complexity index is 740. The molecule has 1 atom stereocenters. The first kappa shape index (κ1) is 18.1. The molecule has 2 aromatic carbocycles. The Morgan fingerprint density at radius 3 is 2.08 bits per heavy atom. The first-order chi connectivity index (χ1) is 12.6. The molecule has 5 heteroatoms. The molecule has 136 valence electrons. The Balaban J connectivity index is 1.57. The minimum absolute atomic E-state index is 0.0741. The molecule has 5 nitrogen and oxygen atoms in total. The van der Waals surface area contributed by atoms with Crippen LogP contribution in [0, 0.1) is 0 Å². The van der Waals surface area contributed by atoms with E-state index in [1.54, 1.807) is 4.90 Å². The van der Waals surface area contributed by atoms with Crippen LogP contribution in [0.3, 0.4) is 0 Å². The van der Waals surface area contributed by atoms with Crippen molar-refractivity contribution in [2.24, 2.45) is 0 Å². The maximum Gasteiger partial charge on any atom is 0.284 e. The van der Waals surface area contributed by atoms with Crippen LogP contribution in [-0.4, -0.2) is 56.0 Å². The number of benzene rings is 2. The number of rotatable bonds is 4. The lowest BCUT2D eigenvalue weighted by Crippen LogP contribution is -3.19. The van der Waals surface area contributed by atoms with Gasteiger partial charge in [-0.1, -0.05) is 36.4 Å². The van der Waals surface area contributed by atoms with Crippen molar-refractivity contribution in [3.63, 3.8) is 0 Å². The van der Waals surface area contributed by atoms with Crippen molar-refractivity contribution in [2.45, 2.75) is 13.0 Å². The van der Waals surface area contributed by atoms with E-state index in [2.05, 4.69) is 0 Å². The molecule has 2 amide bonds. The van der Waals surface area contributed by atoms with Gasteiger partial charge >= 0.3 is 0 Å². The van der Waals surface area contributed by atoms with Crippen LogP contribution in [0.4, 0.5) is 5.69 Å². The van der Waals surface area contributed by atoms with Gasteiger partial charge in [0.15, 0.2) is 6.04 Å². The number of anilines is 1. The minimum atomic E-state index is -0.130. The molecule has 26 heavy (non-hydrogen) atoms. The number of amides is 2. The lowest BCUT2D eigenvalue weighted by atomic mass is 10.1. The first-order valence-electron chi connectivity index (χ1n) is 9.09. The summed E-state index contributed by atoms with van der Waals surface area (Å²) in [6, 6.07) is 18.9. The van der Waals surface area contributed by atoms with E-state index in [1.807, 2.05) is 79.5 Å². The van der Waals surface area contributed by atoms with Crippen LogP contribution in [0.15, 0.2) is 60.7 Å². The number of hydrogen-bond acceptors (Lipinski definition) is 2. The van der Waals surface area contributed by atoms with E-state index in [1.165, 1.54) is 4.90 Å². The fraction of sp³-hybridized carbons (Fsp3) is 0.333. The summed E-state index contributed by atoms with van der Waals surface area (Å²) in [5, 5.41) is 0. The number of nitrogens with zero attached hydrogens (tertiary/aromatic N) is 2. The van der Waals surface area contributed by atoms with Crippen molar-refractivity contribution in [1.82, 2.24) is 4.90 Å². The summed E-state index contributed by atoms with van der Waals surface area (Å²) in [4.78, 5) is 30.2. The molecule has 1 saturated heterocycles. The third-order valence-corrected chi connectivity index (χ3v) is 5.17. The van der Waals surface area contributed by atoms with E-state index >= 15 is 0 Å². The summed E-state index contributed by atoms with van der Waals surface area (Å²) in [5.74, 6) is 0.180. The average molecular weight is 352 g/mol. The third kappa shape index (κ3) is 3.94. The zero-order valence-electron chi connectivity index (χ0n) is 15.4. The van der Waals surface area contributed by atoms with Crippen LogP contribution in [0.25, 0.3) is 0 Å². The van der Waals surface area contributed by atoms with Gasteiger partial charge in [-0.25, -0.2) is 0 Å². The predicted molar refractivity (Wildman–Crippen MR) is 102 cm³/mol. The number of nitrogens with one attached hydrogen (secondary N) is 1. The van der Waals surface area contributed by atoms with Gasteiger partial charge in [-0.15, -0.1) is 0 Å². The Morgan fingerprint density at radius 1 is 0.962 bits per heavy atom. The zero-order chi connectivity index (χ0) is 18.5. The third-order valence-electron chi connectivity index (χ3n) is 5.17. The normalized spacial score (nSPS) is 16.2. The van der Waals surface area contributed by atoms with Crippen LogP contribution in [0.2, 0.25) is 0 Å². The summed E-state index contributed by atoms with van der Waals surface area (Å²) in [7, 11) is 1.82. The van der Waals surface area contributed by atoms with E-state index in [4.69, 9.17) is 0 Å². The fourth-order valence-electron chi connectivity index (χ4n) is 3.44. The van der Waals surface area contributed by atoms with Crippen LogP contribution >= 0.6 is 0 Å². The number of piperazine rings is 1. The first-order valence-corrected chi connectivity index (χ1v) is 9.09. The molecule has 0 radical (unpaired) electrons. The number of hydrogen-bond donors (Lipinski definition) is 1. The van der Waals surface area contributed by atoms with Gasteiger partial charge < -0.3 is 14.7 Å². The second-order valence-corrected chi connectivity index (χ2v) is 6.77. The molecule has 1 fully saturated rings. The maximum absolute atomic E-state index is 12.8. The highest BCUT2D eigenvalue weighted by Gasteiger charge is 2.32. The van der Waals surface area contributed by atoms with Gasteiger partial charge in [0.2, 0.25) is 0 Å². The van der Waals surface area contributed by atoms with Gasteiger partial charge in [-0.2, -0.15) is 0 Å². The summed E-state index contributed by atoms with van der Waals surface area (Å²) in [6.45, 7) is 4.90. The highest BCUT2D eigenvalue weighted by molar-refractivity contribution is 5.95. The van der Waals surface area contributed by atoms with Crippen LogP contribution < -0.4 is 9.80 Å². The van der Waals surface area contributed by atoms with Crippen molar-refractivity contribution in [3.8, 4) is 0 Å². The smallest absolute Gasteiger partial charge is 0.284 e. The van der Waals surface area contributed by atoms with Crippen molar-refractivity contribution in [1.29, 1.82) is 0 Å². The minimum Gasteiger partial charge on any atom is -0.327 e. The van der Waals surface area contributed by atoms with Crippen molar-refractivity contribution >= 4 is 17.5 Å². The molecular weight excluding hydrogens is 326 g/mol. The fourth-order valence-corrected chi connectivity index (χ4v) is 3.44. The predicted octanol–water partition coefficient (Wildman–Crippen LogP) is 1.08. The van der Waals surface area contributed by atoms with Gasteiger partial charge in [0.1, 0.15) is 0 Å². The van der Waals surface area contributed by atoms with Gasteiger partial charge in [0.05, 0.1) is 26.2 Å². The lowest BCUT2D eigenvalue weighted by Gasteiger charge is -2.36. The maximum atomic E-state index is 12.8. The van der Waals surface area contributed by atoms with E-state index in [0.717, 1.165) is 24.3 Å². The molecule has 0 unspecified atom stereocenters. The Morgan fingerprint density at radius 2 is 1.50 bits per heavy atom. The molecular formula is C21H26N3O2+. The van der Waals surface area contributed by atoms with Crippen molar-refractivity contribution < 1.29 is 14.5 Å². The van der Waals surface area contributed by atoms with E-state index in [0.29, 0.717) is 13.1 Å². The van der Waals surface area contributed by atoms with Crippen LogP contribution in [0.1, 0.15) is 17.3 Å². The van der Waals surface area contributed by atoms with Crippen LogP contribution in [0.5, 0.6) is 0 Å². The van der Waals surface area contributed by atoms with E-state index in [-0.39, 0.29) is 17.9 Å². The Kier molecular flexibility index (Phi) is 5.68. The molecule has 1 aliphatic heterocycles. The number of quaternary nitrogens is 1. The van der Waals surface area contributed by atoms with E-state index in [9.17, 15) is 9.59 Å². The molecule has 0 bridgehead atoms. The SMILES string of the molecule is C[C@@H](C(=O)N(C)c1ccccc1)[NH+]1CCN(C(=O)c2ccccc2)CC1. The quantitative estimate of drug-likeness (QED) is 0.895. The number of carbonyl (C=O) groups is 2. The van der Waals surface area contributed by atoms with Gasteiger partial charge in [-0.05, 0) is 31.2 Å². The molecule has 2 aromatic rings. The molecule has 0 spiro atoms. The second kappa shape index (κ2) is 8.15. The molecule has 0 saturated carbocycles. The summed E-state index contributed by atoms with van der Waals surface area (Å²) < 4.78 is 0. The summed E-state index contributed by atoms with van der Waals surface area (Å²) in [5.41, 5.74) is 1.63. The summed E-state index contributed by atoms with van der Waals surface area (Å²) >= 11 is 0. The topological polar surface area (TPSA) is 45.1 Å². The molecule has 1 N–H and O–H groups in total. The monoisotopic (exact) mass is 352 g/mol. The van der Waals surface area contributed by atoms with Gasteiger partial charge in [0, 0.05) is 18.3 Å². The Labute approximate surface area is 154 Å². The zero-order valence-corrected chi connectivity index (χ0v) is 15.4. The largest absolute Gasteiger partial charge is 0.327 e. The highest BCUT2D eigenvalue weighted by Crippen LogP contribution is 2.12. The average Bonchev–Trinajstić information content (AvgIpc) is 2.73. The van der Waals surface area contributed by atoms with Crippen molar-refractivity contribution in [3.05, 3.63) is 66.2 Å². The number of carbonyl (C=O) groups excluding carboxylic acids is 2. The second-order valence-electron chi connectivity index (χ2n) is 6.77. The lowest BCUT2D eigenvalue weighted by molar-refractivity contribution is -0.917. The number of likely N-dealkylation sites (N-methyl/N-ethyl adjacent to an activating group) is 1. The van der Waals surface area contributed by atoms with Gasteiger partial charge in [0.25, 0.3) is 11.8 Å². The molecule has 0 aliphatic carbocycles. The van der Waals surface area contributed by atoms with Crippen LogP contribution in [-0.2, 0) is 4.79 Å². The molecule has 0 aromatic heterocycles. The van der Waals surface area contributed by atoms with Gasteiger partial charge in [-0.3, -0.25) is 9.59 Å². The summed E-state index contributed by atoms with van der Waals surface area (Å²) in [6.07, 6.45) is 0. The molecule has 1 heterocycles. The number of para-hydroxylation sites is 1. The molecule has 3 rings (SSSR count). The molecule has 1 aliphatic rings.